The molecule has 2 rings (SSSR count). The molecule has 2 atom stereocenters. The summed E-state index contributed by atoms with van der Waals surface area (Å²) in [4.78, 5) is 5.01. The number of likely N-dealkylation sites (tertiary alicyclic amines) is 1. The molecule has 1 saturated heterocycles. The molecule has 1 heterocycles. The van der Waals surface area contributed by atoms with Gasteiger partial charge in [0.05, 0.1) is 0 Å². The summed E-state index contributed by atoms with van der Waals surface area (Å²) in [6, 6.07) is 8.67. The van der Waals surface area contributed by atoms with Crippen LogP contribution in [0.25, 0.3) is 0 Å². The quantitative estimate of drug-likeness (QED) is 0.884. The molecule has 1 aromatic rings. The van der Waals surface area contributed by atoms with Crippen molar-refractivity contribution in [3.8, 4) is 5.75 Å². The Kier molecular flexibility index (Phi) is 4.83. The first-order chi connectivity index (χ1) is 9.11. The fraction of sp³-hybridized carbons (Fsp3) is 0.625. The maximum Gasteiger partial charge on any atom is 0.115 e. The SMILES string of the molecule is CCN1CCCC1CN(C)C(C)c1ccc(O)cc1. The molecule has 106 valence electrons. The summed E-state index contributed by atoms with van der Waals surface area (Å²) >= 11 is 0. The van der Waals surface area contributed by atoms with Crippen LogP contribution < -0.4 is 0 Å². The molecule has 3 nitrogen and oxygen atoms in total. The van der Waals surface area contributed by atoms with Gasteiger partial charge < -0.3 is 5.11 Å². The van der Waals surface area contributed by atoms with Gasteiger partial charge in [-0.15, -0.1) is 0 Å². The summed E-state index contributed by atoms with van der Waals surface area (Å²) in [5, 5.41) is 9.35. The molecule has 3 heteroatoms. The standard InChI is InChI=1S/C16H26N2O/c1-4-18-11-5-6-15(18)12-17(3)13(2)14-7-9-16(19)10-8-14/h7-10,13,15,19H,4-6,11-12H2,1-3H3. The van der Waals surface area contributed by atoms with Crippen LogP contribution in [0.5, 0.6) is 5.75 Å². The fourth-order valence-electron chi connectivity index (χ4n) is 3.02. The zero-order chi connectivity index (χ0) is 13.8. The second-order valence-electron chi connectivity index (χ2n) is 5.63. The van der Waals surface area contributed by atoms with Gasteiger partial charge in [-0.3, -0.25) is 9.80 Å². The van der Waals surface area contributed by atoms with E-state index >= 15 is 0 Å². The average molecular weight is 262 g/mol. The summed E-state index contributed by atoms with van der Waals surface area (Å²) in [5.41, 5.74) is 1.27. The highest BCUT2D eigenvalue weighted by Gasteiger charge is 2.25. The first kappa shape index (κ1) is 14.4. The summed E-state index contributed by atoms with van der Waals surface area (Å²) < 4.78 is 0. The van der Waals surface area contributed by atoms with Crippen molar-refractivity contribution >= 4 is 0 Å². The van der Waals surface area contributed by atoms with Crippen LogP contribution in [0.3, 0.4) is 0 Å². The summed E-state index contributed by atoms with van der Waals surface area (Å²) in [6.45, 7) is 8.02. The maximum atomic E-state index is 9.35. The molecule has 1 aromatic carbocycles. The highest BCUT2D eigenvalue weighted by molar-refractivity contribution is 5.27. The minimum Gasteiger partial charge on any atom is -0.508 e. The number of phenols is 1. The lowest BCUT2D eigenvalue weighted by Crippen LogP contribution is -2.39. The van der Waals surface area contributed by atoms with Crippen molar-refractivity contribution in [3.63, 3.8) is 0 Å². The maximum absolute atomic E-state index is 9.35. The number of nitrogens with zero attached hydrogens (tertiary/aromatic N) is 2. The Morgan fingerprint density at radius 2 is 2.05 bits per heavy atom. The van der Waals surface area contributed by atoms with Crippen LogP contribution in [0.15, 0.2) is 24.3 Å². The smallest absolute Gasteiger partial charge is 0.115 e. The molecular formula is C16H26N2O. The lowest BCUT2D eigenvalue weighted by Gasteiger charge is -2.31. The van der Waals surface area contributed by atoms with E-state index in [1.807, 2.05) is 12.1 Å². The molecule has 2 unspecified atom stereocenters. The van der Waals surface area contributed by atoms with E-state index in [0.717, 1.165) is 13.1 Å². The van der Waals surface area contributed by atoms with Crippen molar-refractivity contribution in [2.45, 2.75) is 38.8 Å². The van der Waals surface area contributed by atoms with Gasteiger partial charge in [-0.1, -0.05) is 19.1 Å². The van der Waals surface area contributed by atoms with Gasteiger partial charge in [-0.05, 0) is 57.6 Å². The third kappa shape index (κ3) is 3.48. The molecule has 1 aliphatic rings. The van der Waals surface area contributed by atoms with Gasteiger partial charge in [0.2, 0.25) is 0 Å². The molecule has 19 heavy (non-hydrogen) atoms. The van der Waals surface area contributed by atoms with Crippen LogP contribution in [-0.2, 0) is 0 Å². The van der Waals surface area contributed by atoms with E-state index in [4.69, 9.17) is 0 Å². The summed E-state index contributed by atoms with van der Waals surface area (Å²) in [5.74, 6) is 0.339. The van der Waals surface area contributed by atoms with E-state index in [9.17, 15) is 5.11 Å². The summed E-state index contributed by atoms with van der Waals surface area (Å²) in [7, 11) is 2.20. The highest BCUT2D eigenvalue weighted by Crippen LogP contribution is 2.24. The van der Waals surface area contributed by atoms with Crippen molar-refractivity contribution in [2.75, 3.05) is 26.7 Å². The Hall–Kier alpha value is -1.06. The Labute approximate surface area is 116 Å². The molecule has 0 saturated carbocycles. The fourth-order valence-corrected chi connectivity index (χ4v) is 3.02. The van der Waals surface area contributed by atoms with Gasteiger partial charge in [0.1, 0.15) is 5.75 Å². The number of hydrogen-bond acceptors (Lipinski definition) is 3. The van der Waals surface area contributed by atoms with E-state index < -0.39 is 0 Å². The zero-order valence-corrected chi connectivity index (χ0v) is 12.3. The van der Waals surface area contributed by atoms with Gasteiger partial charge in [0, 0.05) is 18.6 Å². The lowest BCUT2D eigenvalue weighted by atomic mass is 10.1. The second-order valence-corrected chi connectivity index (χ2v) is 5.63. The Bertz CT molecular complexity index is 390. The number of benzene rings is 1. The largest absolute Gasteiger partial charge is 0.508 e. The molecule has 0 radical (unpaired) electrons. The minimum atomic E-state index is 0.339. The Morgan fingerprint density at radius 3 is 2.68 bits per heavy atom. The van der Waals surface area contributed by atoms with E-state index in [0.29, 0.717) is 17.8 Å². The highest BCUT2D eigenvalue weighted by atomic mass is 16.3. The minimum absolute atomic E-state index is 0.339. The van der Waals surface area contributed by atoms with E-state index in [1.54, 1.807) is 12.1 Å². The molecule has 1 aliphatic heterocycles. The van der Waals surface area contributed by atoms with Crippen LogP contribution in [0.1, 0.15) is 38.3 Å². The predicted octanol–water partition coefficient (Wildman–Crippen LogP) is 2.87. The molecule has 1 N–H and O–H groups in total. The van der Waals surface area contributed by atoms with E-state index in [-0.39, 0.29) is 0 Å². The molecule has 0 aliphatic carbocycles. The van der Waals surface area contributed by atoms with Crippen LogP contribution in [0.4, 0.5) is 0 Å². The Balaban J connectivity index is 1.95. The average Bonchev–Trinajstić information content (AvgIpc) is 2.86. The zero-order valence-electron chi connectivity index (χ0n) is 12.3. The second kappa shape index (κ2) is 6.40. The monoisotopic (exact) mass is 262 g/mol. The first-order valence-electron chi connectivity index (χ1n) is 7.35. The van der Waals surface area contributed by atoms with Crippen molar-refractivity contribution in [3.05, 3.63) is 29.8 Å². The van der Waals surface area contributed by atoms with Gasteiger partial charge in [0.15, 0.2) is 0 Å². The van der Waals surface area contributed by atoms with E-state index in [1.165, 1.54) is 24.9 Å². The number of aromatic hydroxyl groups is 1. The van der Waals surface area contributed by atoms with Crippen LogP contribution in [-0.4, -0.2) is 47.6 Å². The molecule has 0 aromatic heterocycles. The van der Waals surface area contributed by atoms with E-state index in [2.05, 4.69) is 30.7 Å². The molecule has 1 fully saturated rings. The lowest BCUT2D eigenvalue weighted by molar-refractivity contribution is 0.170. The van der Waals surface area contributed by atoms with Crippen molar-refractivity contribution in [1.29, 1.82) is 0 Å². The molecular weight excluding hydrogens is 236 g/mol. The van der Waals surface area contributed by atoms with Crippen LogP contribution in [0, 0.1) is 0 Å². The number of hydrogen-bond donors (Lipinski definition) is 1. The van der Waals surface area contributed by atoms with Gasteiger partial charge >= 0.3 is 0 Å². The summed E-state index contributed by atoms with van der Waals surface area (Å²) in [6.07, 6.45) is 2.65. The van der Waals surface area contributed by atoms with Crippen molar-refractivity contribution in [2.24, 2.45) is 0 Å². The number of phenolic OH excluding ortho intramolecular Hbond substituents is 1. The molecule has 0 spiro atoms. The Morgan fingerprint density at radius 1 is 1.37 bits per heavy atom. The third-order valence-corrected chi connectivity index (χ3v) is 4.44. The predicted molar refractivity (Wildman–Crippen MR) is 79.4 cm³/mol. The normalized spacial score (nSPS) is 22.0. The van der Waals surface area contributed by atoms with Gasteiger partial charge in [-0.2, -0.15) is 0 Å². The number of likely N-dealkylation sites (N-methyl/N-ethyl adjacent to an activating group) is 2. The third-order valence-electron chi connectivity index (χ3n) is 4.44. The van der Waals surface area contributed by atoms with Gasteiger partial charge in [-0.25, -0.2) is 0 Å². The first-order valence-corrected chi connectivity index (χ1v) is 7.35. The van der Waals surface area contributed by atoms with Crippen LogP contribution in [0.2, 0.25) is 0 Å². The molecule has 0 bridgehead atoms. The molecule has 0 amide bonds. The topological polar surface area (TPSA) is 26.7 Å². The van der Waals surface area contributed by atoms with Crippen molar-refractivity contribution < 1.29 is 5.11 Å². The van der Waals surface area contributed by atoms with Crippen molar-refractivity contribution in [1.82, 2.24) is 9.80 Å². The van der Waals surface area contributed by atoms with Crippen LogP contribution >= 0.6 is 0 Å². The number of rotatable bonds is 5. The van der Waals surface area contributed by atoms with Gasteiger partial charge in [0.25, 0.3) is 0 Å².